The van der Waals surface area contributed by atoms with Crippen LogP contribution < -0.4 is 0 Å². The van der Waals surface area contributed by atoms with Crippen LogP contribution in [-0.4, -0.2) is 0 Å². The van der Waals surface area contributed by atoms with Crippen molar-refractivity contribution in [2.45, 2.75) is 33.1 Å². The average Bonchev–Trinajstić information content (AvgIpc) is 1.97. The molecule has 0 heteroatoms. The van der Waals surface area contributed by atoms with Gasteiger partial charge in [0.1, 0.15) is 0 Å². The van der Waals surface area contributed by atoms with Gasteiger partial charge in [-0.15, -0.1) is 5.73 Å². The van der Waals surface area contributed by atoms with Gasteiger partial charge >= 0.3 is 0 Å². The minimum absolute atomic E-state index is 0.752. The van der Waals surface area contributed by atoms with Gasteiger partial charge in [-0.3, -0.25) is 0 Å². The molecule has 1 aliphatic rings. The topological polar surface area (TPSA) is 0 Å². The number of allylic oxidation sites excluding steroid dienone is 1. The molecule has 0 aromatic carbocycles. The highest BCUT2D eigenvalue weighted by atomic mass is 14.0. The Morgan fingerprint density at radius 3 is 3.22 bits per heavy atom. The molecule has 0 aliphatic heterocycles. The maximum absolute atomic E-state index is 3.29. The first kappa shape index (κ1) is 6.64. The van der Waals surface area contributed by atoms with Crippen molar-refractivity contribution in [2.24, 2.45) is 5.92 Å². The lowest BCUT2D eigenvalue weighted by molar-refractivity contribution is 0.615. The highest BCUT2D eigenvalue weighted by molar-refractivity contribution is 5.01. The van der Waals surface area contributed by atoms with Crippen molar-refractivity contribution in [3.63, 3.8) is 0 Å². The number of rotatable bonds is 0. The predicted octanol–water partition coefficient (Wildman–Crippen LogP) is 2.91. The summed E-state index contributed by atoms with van der Waals surface area (Å²) < 4.78 is 0. The van der Waals surface area contributed by atoms with Gasteiger partial charge in [0.25, 0.3) is 0 Å². The van der Waals surface area contributed by atoms with E-state index in [1.807, 2.05) is 0 Å². The van der Waals surface area contributed by atoms with Gasteiger partial charge in [-0.25, -0.2) is 0 Å². The molecule has 1 aliphatic carbocycles. The summed E-state index contributed by atoms with van der Waals surface area (Å²) in [5.41, 5.74) is 4.70. The molecule has 0 bridgehead atoms. The molecule has 1 unspecified atom stereocenters. The van der Waals surface area contributed by atoms with Crippen LogP contribution in [0.2, 0.25) is 0 Å². The Morgan fingerprint density at radius 2 is 2.44 bits per heavy atom. The van der Waals surface area contributed by atoms with Crippen molar-refractivity contribution >= 4 is 0 Å². The van der Waals surface area contributed by atoms with Crippen LogP contribution in [-0.2, 0) is 0 Å². The van der Waals surface area contributed by atoms with Crippen LogP contribution in [0.4, 0.5) is 0 Å². The second kappa shape index (κ2) is 2.89. The fraction of sp³-hybridized carbons (Fsp3) is 0.667. The summed E-state index contributed by atoms with van der Waals surface area (Å²) in [7, 11) is 0. The minimum Gasteiger partial charge on any atom is -0.126 e. The largest absolute Gasteiger partial charge is 0.126 e. The standard InChI is InChI=1S/C9H14/c1-8-4-3-5-9(2)7-6-8/h6,8H,3-5H2,1-2H3. The van der Waals surface area contributed by atoms with Gasteiger partial charge in [0.15, 0.2) is 0 Å². The first-order chi connectivity index (χ1) is 4.29. The Bertz CT molecular complexity index is 147. The molecule has 0 saturated carbocycles. The van der Waals surface area contributed by atoms with Crippen molar-refractivity contribution in [2.75, 3.05) is 0 Å². The van der Waals surface area contributed by atoms with Crippen molar-refractivity contribution in [1.29, 1.82) is 0 Å². The highest BCUT2D eigenvalue weighted by Gasteiger charge is 2.00. The molecule has 50 valence electrons. The lowest BCUT2D eigenvalue weighted by Crippen LogP contribution is -1.85. The molecule has 0 N–H and O–H groups in total. The molecule has 0 amide bonds. The predicted molar refractivity (Wildman–Crippen MR) is 40.3 cm³/mol. The van der Waals surface area contributed by atoms with E-state index in [4.69, 9.17) is 0 Å². The zero-order valence-corrected chi connectivity index (χ0v) is 6.28. The molecule has 0 aromatic rings. The second-order valence-electron chi connectivity index (χ2n) is 2.96. The van der Waals surface area contributed by atoms with E-state index in [9.17, 15) is 0 Å². The summed E-state index contributed by atoms with van der Waals surface area (Å²) in [4.78, 5) is 0. The average molecular weight is 122 g/mol. The molecule has 0 radical (unpaired) electrons. The quantitative estimate of drug-likeness (QED) is 0.433. The Morgan fingerprint density at radius 1 is 1.67 bits per heavy atom. The fourth-order valence-electron chi connectivity index (χ4n) is 1.13. The first-order valence-corrected chi connectivity index (χ1v) is 3.71. The van der Waals surface area contributed by atoms with E-state index >= 15 is 0 Å². The Labute approximate surface area is 57.3 Å². The summed E-state index contributed by atoms with van der Waals surface area (Å²) in [6.07, 6.45) is 6.13. The van der Waals surface area contributed by atoms with Crippen LogP contribution in [0.5, 0.6) is 0 Å². The Hall–Kier alpha value is -0.480. The smallest absolute Gasteiger partial charge is 0.0186 e. The summed E-state index contributed by atoms with van der Waals surface area (Å²) >= 11 is 0. The summed E-state index contributed by atoms with van der Waals surface area (Å²) in [5, 5.41) is 0. The van der Waals surface area contributed by atoms with E-state index in [0.717, 1.165) is 5.92 Å². The second-order valence-corrected chi connectivity index (χ2v) is 2.96. The Kier molecular flexibility index (Phi) is 2.13. The number of hydrogen-bond donors (Lipinski definition) is 0. The van der Waals surface area contributed by atoms with Gasteiger partial charge in [-0.2, -0.15) is 0 Å². The summed E-state index contributed by atoms with van der Waals surface area (Å²) in [6.45, 7) is 4.42. The third kappa shape index (κ3) is 2.07. The molecule has 9 heavy (non-hydrogen) atoms. The molecule has 0 aromatic heterocycles. The zero-order valence-electron chi connectivity index (χ0n) is 6.28. The number of hydrogen-bond acceptors (Lipinski definition) is 0. The molecule has 0 nitrogen and oxygen atoms in total. The normalized spacial score (nSPS) is 27.3. The van der Waals surface area contributed by atoms with Gasteiger partial charge in [0.2, 0.25) is 0 Å². The van der Waals surface area contributed by atoms with Crippen LogP contribution in [0.15, 0.2) is 17.4 Å². The molecule has 0 spiro atoms. The van der Waals surface area contributed by atoms with Gasteiger partial charge in [-0.1, -0.05) is 6.92 Å². The maximum Gasteiger partial charge on any atom is -0.0186 e. The van der Waals surface area contributed by atoms with E-state index in [0.29, 0.717) is 0 Å². The van der Waals surface area contributed by atoms with Crippen LogP contribution in [0.25, 0.3) is 0 Å². The van der Waals surface area contributed by atoms with E-state index in [1.54, 1.807) is 0 Å². The van der Waals surface area contributed by atoms with Crippen molar-refractivity contribution in [3.8, 4) is 0 Å². The minimum atomic E-state index is 0.752. The van der Waals surface area contributed by atoms with Crippen LogP contribution in [0.1, 0.15) is 33.1 Å². The highest BCUT2D eigenvalue weighted by Crippen LogP contribution is 2.15. The van der Waals surface area contributed by atoms with E-state index in [-0.39, 0.29) is 0 Å². The SMILES string of the molecule is CC1=C=CC(C)CCC1. The van der Waals surface area contributed by atoms with E-state index in [1.165, 1.54) is 24.8 Å². The summed E-state index contributed by atoms with van der Waals surface area (Å²) in [5.74, 6) is 0.752. The van der Waals surface area contributed by atoms with Gasteiger partial charge in [0, 0.05) is 0 Å². The van der Waals surface area contributed by atoms with Gasteiger partial charge < -0.3 is 0 Å². The molecule has 1 atom stereocenters. The van der Waals surface area contributed by atoms with Crippen molar-refractivity contribution in [1.82, 2.24) is 0 Å². The van der Waals surface area contributed by atoms with Crippen LogP contribution in [0, 0.1) is 5.92 Å². The van der Waals surface area contributed by atoms with E-state index < -0.39 is 0 Å². The third-order valence-electron chi connectivity index (χ3n) is 1.83. The van der Waals surface area contributed by atoms with Crippen LogP contribution >= 0.6 is 0 Å². The summed E-state index contributed by atoms with van der Waals surface area (Å²) in [6, 6.07) is 0. The first-order valence-electron chi connectivity index (χ1n) is 3.71. The molecule has 0 saturated heterocycles. The molecule has 0 fully saturated rings. The lowest BCUT2D eigenvalue weighted by Gasteiger charge is -1.99. The monoisotopic (exact) mass is 122 g/mol. The zero-order chi connectivity index (χ0) is 6.69. The van der Waals surface area contributed by atoms with Gasteiger partial charge in [0.05, 0.1) is 0 Å². The third-order valence-corrected chi connectivity index (χ3v) is 1.83. The molecule has 0 heterocycles. The molecular weight excluding hydrogens is 108 g/mol. The maximum atomic E-state index is 3.29. The van der Waals surface area contributed by atoms with E-state index in [2.05, 4.69) is 25.7 Å². The fourth-order valence-corrected chi connectivity index (χ4v) is 1.13. The molecule has 1 rings (SSSR count). The lowest BCUT2D eigenvalue weighted by atomic mass is 10.1. The Balaban J connectivity index is 2.63. The van der Waals surface area contributed by atoms with Crippen molar-refractivity contribution < 1.29 is 0 Å². The van der Waals surface area contributed by atoms with Crippen molar-refractivity contribution in [3.05, 3.63) is 17.4 Å². The van der Waals surface area contributed by atoms with Crippen LogP contribution in [0.3, 0.4) is 0 Å². The van der Waals surface area contributed by atoms with Gasteiger partial charge in [-0.05, 0) is 43.8 Å². The molecular formula is C9H14.